The topological polar surface area (TPSA) is 50.2 Å². The molecule has 1 N–H and O–H groups in total. The Hall–Kier alpha value is -2.18. The first-order valence-corrected chi connectivity index (χ1v) is 9.48. The smallest absolute Gasteiger partial charge is 0.251 e. The van der Waals surface area contributed by atoms with Gasteiger partial charge in [0.2, 0.25) is 0 Å². The fourth-order valence-electron chi connectivity index (χ4n) is 3.38. The second-order valence-electron chi connectivity index (χ2n) is 6.57. The van der Waals surface area contributed by atoms with Crippen molar-refractivity contribution >= 4 is 28.3 Å². The molecule has 0 bridgehead atoms. The number of fused-ring (bicyclic) bond motifs is 2. The van der Waals surface area contributed by atoms with Crippen molar-refractivity contribution in [3.05, 3.63) is 51.5 Å². The Balaban J connectivity index is 1.35. The van der Waals surface area contributed by atoms with Gasteiger partial charge in [0.1, 0.15) is 5.82 Å². The average molecular weight is 354 g/mol. The van der Waals surface area contributed by atoms with Crippen molar-refractivity contribution in [2.24, 2.45) is 7.05 Å². The van der Waals surface area contributed by atoms with Gasteiger partial charge in [-0.05, 0) is 48.6 Å². The number of hydrogen-bond acceptors (Lipinski definition) is 4. The van der Waals surface area contributed by atoms with E-state index >= 15 is 0 Å². The van der Waals surface area contributed by atoms with Crippen molar-refractivity contribution in [2.45, 2.75) is 19.9 Å². The maximum atomic E-state index is 12.4. The van der Waals surface area contributed by atoms with E-state index in [2.05, 4.69) is 26.6 Å². The molecule has 0 fully saturated rings. The highest BCUT2D eigenvalue weighted by atomic mass is 32.1. The van der Waals surface area contributed by atoms with Crippen LogP contribution >= 0.6 is 11.3 Å². The van der Waals surface area contributed by atoms with Crippen molar-refractivity contribution in [3.63, 3.8) is 0 Å². The van der Waals surface area contributed by atoms with Gasteiger partial charge in [-0.2, -0.15) is 0 Å². The third-order valence-corrected chi connectivity index (χ3v) is 5.99. The molecule has 1 aromatic carbocycles. The molecule has 6 heteroatoms. The predicted molar refractivity (Wildman–Crippen MR) is 101 cm³/mol. The number of nitrogens with zero attached hydrogens (tertiary/aromatic N) is 3. The Morgan fingerprint density at radius 2 is 2.24 bits per heavy atom. The normalized spacial score (nSPS) is 14.6. The number of rotatable bonds is 4. The maximum Gasteiger partial charge on any atom is 0.251 e. The van der Waals surface area contributed by atoms with E-state index in [0.717, 1.165) is 42.9 Å². The summed E-state index contributed by atoms with van der Waals surface area (Å²) in [7, 11) is 1.97. The molecule has 1 amide bonds. The van der Waals surface area contributed by atoms with Gasteiger partial charge >= 0.3 is 0 Å². The van der Waals surface area contributed by atoms with Gasteiger partial charge in [0.05, 0.1) is 11.0 Å². The minimum Gasteiger partial charge on any atom is -0.351 e. The monoisotopic (exact) mass is 354 g/mol. The van der Waals surface area contributed by atoms with Crippen LogP contribution in [0.5, 0.6) is 0 Å². The summed E-state index contributed by atoms with van der Waals surface area (Å²) in [6.07, 6.45) is 1.12. The summed E-state index contributed by atoms with van der Waals surface area (Å²) in [6, 6.07) is 7.90. The Morgan fingerprint density at radius 3 is 3.12 bits per heavy atom. The molecule has 0 unspecified atom stereocenters. The van der Waals surface area contributed by atoms with Crippen LogP contribution in [-0.2, 0) is 20.0 Å². The molecular formula is C19H22N4OS. The lowest BCUT2D eigenvalue weighted by Crippen LogP contribution is -2.37. The van der Waals surface area contributed by atoms with Crippen LogP contribution in [0.3, 0.4) is 0 Å². The molecular weight excluding hydrogens is 332 g/mol. The van der Waals surface area contributed by atoms with Crippen molar-refractivity contribution in [2.75, 3.05) is 19.6 Å². The van der Waals surface area contributed by atoms with E-state index in [9.17, 15) is 4.79 Å². The summed E-state index contributed by atoms with van der Waals surface area (Å²) in [5.41, 5.74) is 4.05. The average Bonchev–Trinajstić information content (AvgIpc) is 3.19. The first kappa shape index (κ1) is 16.3. The fraction of sp³-hybridized carbons (Fsp3) is 0.368. The highest BCUT2D eigenvalue weighted by Gasteiger charge is 2.17. The van der Waals surface area contributed by atoms with E-state index in [4.69, 9.17) is 0 Å². The number of aromatic nitrogens is 2. The number of carbonyl (C=O) groups is 1. The zero-order valence-corrected chi connectivity index (χ0v) is 15.4. The maximum absolute atomic E-state index is 12.4. The molecule has 0 saturated heterocycles. The number of carbonyl (C=O) groups excluding carboxylic acids is 1. The first-order chi connectivity index (χ1) is 12.1. The summed E-state index contributed by atoms with van der Waals surface area (Å²) in [4.78, 5) is 20.8. The summed E-state index contributed by atoms with van der Waals surface area (Å²) < 4.78 is 2.01. The molecule has 0 atom stereocenters. The summed E-state index contributed by atoms with van der Waals surface area (Å²) in [5, 5.41) is 5.22. The number of imidazole rings is 1. The van der Waals surface area contributed by atoms with Gasteiger partial charge in [-0.25, -0.2) is 4.98 Å². The van der Waals surface area contributed by atoms with E-state index in [1.54, 1.807) is 0 Å². The largest absolute Gasteiger partial charge is 0.351 e. The van der Waals surface area contributed by atoms with Gasteiger partial charge in [0, 0.05) is 43.7 Å². The number of hydrogen-bond donors (Lipinski definition) is 1. The van der Waals surface area contributed by atoms with Gasteiger partial charge in [-0.1, -0.05) is 0 Å². The lowest BCUT2D eigenvalue weighted by Gasteiger charge is -2.26. The Morgan fingerprint density at radius 1 is 1.36 bits per heavy atom. The van der Waals surface area contributed by atoms with Crippen LogP contribution in [0.1, 0.15) is 26.6 Å². The molecule has 0 saturated carbocycles. The summed E-state index contributed by atoms with van der Waals surface area (Å²) in [5.74, 6) is 0.930. The minimum atomic E-state index is -0.0195. The number of benzene rings is 1. The summed E-state index contributed by atoms with van der Waals surface area (Å²) >= 11 is 1.85. The molecule has 25 heavy (non-hydrogen) atoms. The number of nitrogens with one attached hydrogen (secondary N) is 1. The predicted octanol–water partition coefficient (Wildman–Crippen LogP) is 2.73. The molecule has 0 spiro atoms. The second-order valence-corrected chi connectivity index (χ2v) is 7.57. The highest BCUT2D eigenvalue weighted by molar-refractivity contribution is 7.10. The van der Waals surface area contributed by atoms with Crippen LogP contribution < -0.4 is 5.32 Å². The molecule has 2 aromatic heterocycles. The third kappa shape index (κ3) is 3.19. The van der Waals surface area contributed by atoms with Crippen LogP contribution in [0.15, 0.2) is 29.6 Å². The van der Waals surface area contributed by atoms with Crippen LogP contribution in [0.4, 0.5) is 0 Å². The first-order valence-electron chi connectivity index (χ1n) is 8.60. The van der Waals surface area contributed by atoms with Gasteiger partial charge in [0.25, 0.3) is 5.91 Å². The molecule has 0 radical (unpaired) electrons. The van der Waals surface area contributed by atoms with Crippen LogP contribution in [0.25, 0.3) is 11.0 Å². The van der Waals surface area contributed by atoms with E-state index < -0.39 is 0 Å². The van der Waals surface area contributed by atoms with Crippen molar-refractivity contribution in [3.8, 4) is 0 Å². The van der Waals surface area contributed by atoms with Gasteiger partial charge in [0.15, 0.2) is 0 Å². The molecule has 5 nitrogen and oxygen atoms in total. The van der Waals surface area contributed by atoms with E-state index in [1.165, 1.54) is 10.4 Å². The van der Waals surface area contributed by atoms with Crippen LogP contribution in [-0.4, -0.2) is 40.0 Å². The quantitative estimate of drug-likeness (QED) is 0.784. The van der Waals surface area contributed by atoms with Gasteiger partial charge < -0.3 is 9.88 Å². The molecule has 130 valence electrons. The van der Waals surface area contributed by atoms with Gasteiger partial charge in [-0.3, -0.25) is 9.69 Å². The van der Waals surface area contributed by atoms with Crippen molar-refractivity contribution in [1.82, 2.24) is 19.8 Å². The van der Waals surface area contributed by atoms with Crippen LogP contribution in [0.2, 0.25) is 0 Å². The highest BCUT2D eigenvalue weighted by Crippen LogP contribution is 2.23. The summed E-state index contributed by atoms with van der Waals surface area (Å²) in [6.45, 7) is 5.59. The fourth-order valence-corrected chi connectivity index (χ4v) is 4.27. The number of thiophene rings is 1. The molecule has 3 aromatic rings. The molecule has 3 heterocycles. The van der Waals surface area contributed by atoms with E-state index in [0.29, 0.717) is 12.1 Å². The molecule has 1 aliphatic heterocycles. The molecule has 1 aliphatic rings. The van der Waals surface area contributed by atoms with Crippen molar-refractivity contribution < 1.29 is 4.79 Å². The SMILES string of the molecule is Cc1nc2ccc(C(=O)NCCN3CCc4sccc4C3)cc2n1C. The van der Waals surface area contributed by atoms with Crippen LogP contribution in [0, 0.1) is 6.92 Å². The Kier molecular flexibility index (Phi) is 4.31. The molecule has 4 rings (SSSR count). The molecule has 0 aliphatic carbocycles. The Bertz CT molecular complexity index is 927. The number of aryl methyl sites for hydroxylation is 2. The standard InChI is InChI=1S/C19H22N4OS/c1-13-21-16-4-3-14(11-17(16)22(13)2)19(24)20-7-9-23-8-5-18-15(12-23)6-10-25-18/h3-4,6,10-11H,5,7-9,12H2,1-2H3,(H,20,24). The van der Waals surface area contributed by atoms with E-state index in [1.807, 2.05) is 48.1 Å². The number of amides is 1. The third-order valence-electron chi connectivity index (χ3n) is 4.97. The zero-order chi connectivity index (χ0) is 17.4. The van der Waals surface area contributed by atoms with Gasteiger partial charge in [-0.15, -0.1) is 11.3 Å². The minimum absolute atomic E-state index is 0.0195. The lowest BCUT2D eigenvalue weighted by atomic mass is 10.1. The lowest BCUT2D eigenvalue weighted by molar-refractivity contribution is 0.0947. The second kappa shape index (κ2) is 6.61. The zero-order valence-electron chi connectivity index (χ0n) is 14.6. The van der Waals surface area contributed by atoms with Crippen molar-refractivity contribution in [1.29, 1.82) is 0 Å². The van der Waals surface area contributed by atoms with E-state index in [-0.39, 0.29) is 5.91 Å². The Labute approximate surface area is 151 Å².